The van der Waals surface area contributed by atoms with E-state index in [-0.39, 0.29) is 0 Å². The van der Waals surface area contributed by atoms with Crippen LogP contribution in [0.15, 0.2) is 66.8 Å². The van der Waals surface area contributed by atoms with Gasteiger partial charge >= 0.3 is 0 Å². The highest BCUT2D eigenvalue weighted by molar-refractivity contribution is 6.09. The highest BCUT2D eigenvalue weighted by Gasteiger charge is 2.14. The quantitative estimate of drug-likeness (QED) is 0.466. The van der Waals surface area contributed by atoms with Gasteiger partial charge in [-0.1, -0.05) is 71.8 Å². The number of benzene rings is 3. The molecule has 108 valence electrons. The van der Waals surface area contributed by atoms with Crippen molar-refractivity contribution in [2.45, 2.75) is 26.2 Å². The van der Waals surface area contributed by atoms with Gasteiger partial charge in [0, 0.05) is 5.92 Å². The largest absolute Gasteiger partial charge is 0.0836 e. The zero-order chi connectivity index (χ0) is 15.1. The lowest BCUT2D eigenvalue weighted by molar-refractivity contribution is 0.863. The molecular formula is C22H20. The van der Waals surface area contributed by atoms with Crippen molar-refractivity contribution in [3.05, 3.63) is 83.5 Å². The summed E-state index contributed by atoms with van der Waals surface area (Å²) in [7, 11) is 0. The fourth-order valence-electron chi connectivity index (χ4n) is 3.54. The molecule has 1 atom stereocenters. The Hall–Kier alpha value is -2.34. The number of hydrogen-bond donors (Lipinski definition) is 0. The number of fused-ring (bicyclic) bond motifs is 3. The summed E-state index contributed by atoms with van der Waals surface area (Å²) in [5.74, 6) is 0.485. The number of allylic oxidation sites excluding steroid dienone is 4. The molecular weight excluding hydrogens is 264 g/mol. The van der Waals surface area contributed by atoms with Gasteiger partial charge in [0.1, 0.15) is 0 Å². The van der Waals surface area contributed by atoms with Crippen LogP contribution < -0.4 is 0 Å². The molecule has 0 nitrogen and oxygen atoms in total. The van der Waals surface area contributed by atoms with E-state index in [1.165, 1.54) is 38.2 Å². The van der Waals surface area contributed by atoms with Crippen LogP contribution in [-0.4, -0.2) is 0 Å². The van der Waals surface area contributed by atoms with E-state index in [9.17, 15) is 0 Å². The van der Waals surface area contributed by atoms with Crippen LogP contribution in [0, 0.1) is 13.8 Å². The highest BCUT2D eigenvalue weighted by atomic mass is 14.2. The summed E-state index contributed by atoms with van der Waals surface area (Å²) in [6, 6.07) is 16.0. The molecule has 3 aromatic rings. The van der Waals surface area contributed by atoms with E-state index < -0.39 is 0 Å². The molecule has 22 heavy (non-hydrogen) atoms. The van der Waals surface area contributed by atoms with Crippen LogP contribution in [0.4, 0.5) is 0 Å². The second-order valence-electron chi connectivity index (χ2n) is 6.39. The molecule has 0 aromatic heterocycles. The van der Waals surface area contributed by atoms with Crippen LogP contribution in [0.1, 0.15) is 29.0 Å². The Morgan fingerprint density at radius 2 is 1.55 bits per heavy atom. The minimum Gasteiger partial charge on any atom is -0.0836 e. The Balaban J connectivity index is 2.09. The van der Waals surface area contributed by atoms with Gasteiger partial charge in [-0.05, 0) is 53.4 Å². The van der Waals surface area contributed by atoms with Crippen molar-refractivity contribution in [3.63, 3.8) is 0 Å². The van der Waals surface area contributed by atoms with E-state index in [0.717, 1.165) is 6.42 Å². The third-order valence-corrected chi connectivity index (χ3v) is 4.67. The van der Waals surface area contributed by atoms with Gasteiger partial charge in [0.25, 0.3) is 0 Å². The van der Waals surface area contributed by atoms with Gasteiger partial charge in [-0.15, -0.1) is 0 Å². The fraction of sp³-hybridized carbons (Fsp3) is 0.182. The lowest BCUT2D eigenvalue weighted by Gasteiger charge is -2.18. The van der Waals surface area contributed by atoms with Crippen molar-refractivity contribution in [3.8, 4) is 0 Å². The van der Waals surface area contributed by atoms with Crippen molar-refractivity contribution in [2.24, 2.45) is 0 Å². The van der Waals surface area contributed by atoms with Crippen molar-refractivity contribution in [1.82, 2.24) is 0 Å². The summed E-state index contributed by atoms with van der Waals surface area (Å²) in [5.41, 5.74) is 4.11. The lowest BCUT2D eigenvalue weighted by Crippen LogP contribution is -1.98. The zero-order valence-electron chi connectivity index (χ0n) is 13.1. The zero-order valence-corrected chi connectivity index (χ0v) is 13.1. The lowest BCUT2D eigenvalue weighted by atomic mass is 9.86. The van der Waals surface area contributed by atoms with E-state index in [0.29, 0.717) is 5.92 Å². The van der Waals surface area contributed by atoms with Gasteiger partial charge in [0.05, 0.1) is 0 Å². The molecule has 3 aromatic carbocycles. The first-order valence-electron chi connectivity index (χ1n) is 7.99. The van der Waals surface area contributed by atoms with Crippen LogP contribution >= 0.6 is 0 Å². The predicted octanol–water partition coefficient (Wildman–Crippen LogP) is 6.21. The number of rotatable bonds is 1. The summed E-state index contributed by atoms with van der Waals surface area (Å²) >= 11 is 0. The maximum Gasteiger partial charge on any atom is 0.00620 e. The van der Waals surface area contributed by atoms with Crippen molar-refractivity contribution < 1.29 is 0 Å². The van der Waals surface area contributed by atoms with Crippen LogP contribution in [0.25, 0.3) is 21.5 Å². The third kappa shape index (κ3) is 2.16. The monoisotopic (exact) mass is 284 g/mol. The SMILES string of the molecule is Cc1ccc2c(c1)cc(C1C=CC=CC1)c1cc(C)ccc12. The van der Waals surface area contributed by atoms with Gasteiger partial charge < -0.3 is 0 Å². The van der Waals surface area contributed by atoms with E-state index in [1.807, 2.05) is 0 Å². The minimum absolute atomic E-state index is 0.485. The Bertz CT molecular complexity index is 926. The average molecular weight is 284 g/mol. The van der Waals surface area contributed by atoms with Crippen LogP contribution in [0.2, 0.25) is 0 Å². The van der Waals surface area contributed by atoms with E-state index in [2.05, 4.69) is 80.6 Å². The first kappa shape index (κ1) is 13.3. The molecule has 1 unspecified atom stereocenters. The Morgan fingerprint density at radius 3 is 2.32 bits per heavy atom. The summed E-state index contributed by atoms with van der Waals surface area (Å²) in [5, 5.41) is 5.50. The summed E-state index contributed by atoms with van der Waals surface area (Å²) in [6.45, 7) is 4.35. The van der Waals surface area contributed by atoms with E-state index in [1.54, 1.807) is 0 Å². The smallest absolute Gasteiger partial charge is 0.00620 e. The third-order valence-electron chi connectivity index (χ3n) is 4.67. The maximum absolute atomic E-state index is 2.40. The molecule has 0 spiro atoms. The van der Waals surface area contributed by atoms with Crippen molar-refractivity contribution in [2.75, 3.05) is 0 Å². The Morgan fingerprint density at radius 1 is 0.773 bits per heavy atom. The summed E-state index contributed by atoms with van der Waals surface area (Å²) in [6.07, 6.45) is 10.0. The molecule has 0 saturated carbocycles. The maximum atomic E-state index is 2.40. The van der Waals surface area contributed by atoms with Gasteiger partial charge in [-0.25, -0.2) is 0 Å². The van der Waals surface area contributed by atoms with Crippen molar-refractivity contribution in [1.29, 1.82) is 0 Å². The van der Waals surface area contributed by atoms with Gasteiger partial charge in [0.15, 0.2) is 0 Å². The van der Waals surface area contributed by atoms with E-state index in [4.69, 9.17) is 0 Å². The van der Waals surface area contributed by atoms with Gasteiger partial charge in [-0.2, -0.15) is 0 Å². The molecule has 1 aliphatic rings. The summed E-state index contributed by atoms with van der Waals surface area (Å²) < 4.78 is 0. The molecule has 0 bridgehead atoms. The van der Waals surface area contributed by atoms with Gasteiger partial charge in [0.2, 0.25) is 0 Å². The minimum atomic E-state index is 0.485. The Kier molecular flexibility index (Phi) is 3.11. The molecule has 0 radical (unpaired) electrons. The molecule has 0 saturated heterocycles. The normalized spacial score (nSPS) is 17.5. The molecule has 0 heteroatoms. The first-order valence-corrected chi connectivity index (χ1v) is 7.99. The molecule has 0 heterocycles. The van der Waals surface area contributed by atoms with Crippen LogP contribution in [0.5, 0.6) is 0 Å². The number of aryl methyl sites for hydroxylation is 2. The van der Waals surface area contributed by atoms with Gasteiger partial charge in [-0.3, -0.25) is 0 Å². The topological polar surface area (TPSA) is 0 Å². The molecule has 0 N–H and O–H groups in total. The molecule has 1 aliphatic carbocycles. The van der Waals surface area contributed by atoms with Crippen LogP contribution in [0.3, 0.4) is 0 Å². The molecule has 4 rings (SSSR count). The molecule has 0 aliphatic heterocycles. The summed E-state index contributed by atoms with van der Waals surface area (Å²) in [4.78, 5) is 0. The number of hydrogen-bond acceptors (Lipinski definition) is 0. The second-order valence-corrected chi connectivity index (χ2v) is 6.39. The average Bonchev–Trinajstić information content (AvgIpc) is 2.54. The fourth-order valence-corrected chi connectivity index (χ4v) is 3.54. The molecule has 0 fully saturated rings. The standard InChI is InChI=1S/C22H20/c1-15-8-10-19-18(12-15)14-21(17-6-4-3-5-7-17)22-13-16(2)9-11-20(19)22/h3-6,8-14,17H,7H2,1-2H3. The molecule has 0 amide bonds. The first-order chi connectivity index (χ1) is 10.7. The second kappa shape index (κ2) is 5.14. The Labute approximate surface area is 131 Å². The highest BCUT2D eigenvalue weighted by Crippen LogP contribution is 2.36. The van der Waals surface area contributed by atoms with E-state index >= 15 is 0 Å². The van der Waals surface area contributed by atoms with Crippen LogP contribution in [-0.2, 0) is 0 Å². The predicted molar refractivity (Wildman–Crippen MR) is 96.6 cm³/mol. The van der Waals surface area contributed by atoms with Crippen molar-refractivity contribution >= 4 is 21.5 Å².